The molecule has 1 amide bonds. The number of hydrogen-bond acceptors (Lipinski definition) is 3. The van der Waals surface area contributed by atoms with Crippen LogP contribution in [-0.4, -0.2) is 15.6 Å². The fourth-order valence-corrected chi connectivity index (χ4v) is 2.18. The Hall–Kier alpha value is -2.77. The number of alkyl halides is 3. The van der Waals surface area contributed by atoms with Crippen LogP contribution in [0.5, 0.6) is 5.75 Å². The molecule has 2 rings (SSSR count). The van der Waals surface area contributed by atoms with E-state index in [4.69, 9.17) is 5.73 Å². The van der Waals surface area contributed by atoms with E-state index in [9.17, 15) is 27.9 Å². The lowest BCUT2D eigenvalue weighted by molar-refractivity contribution is -0.137. The zero-order valence-corrected chi connectivity index (χ0v) is 12.0. The number of benzene rings is 1. The van der Waals surface area contributed by atoms with Crippen molar-refractivity contribution in [3.8, 4) is 5.75 Å². The number of aryl methyl sites for hydroxylation is 1. The molecule has 0 atom stereocenters. The Labute approximate surface area is 128 Å². The molecule has 0 aliphatic rings. The van der Waals surface area contributed by atoms with Gasteiger partial charge in [-0.1, -0.05) is 0 Å². The third-order valence-electron chi connectivity index (χ3n) is 3.39. The monoisotopic (exact) mass is 326 g/mol. The highest BCUT2D eigenvalue weighted by molar-refractivity contribution is 5.94. The van der Waals surface area contributed by atoms with Gasteiger partial charge in [0.15, 0.2) is 5.75 Å². The maximum Gasteiger partial charge on any atom is 0.416 e. The minimum atomic E-state index is -4.56. The highest BCUT2D eigenvalue weighted by Gasteiger charge is 2.31. The van der Waals surface area contributed by atoms with Crippen molar-refractivity contribution in [1.82, 2.24) is 4.57 Å². The van der Waals surface area contributed by atoms with E-state index in [2.05, 4.69) is 0 Å². The maximum atomic E-state index is 12.8. The van der Waals surface area contributed by atoms with Crippen molar-refractivity contribution in [2.45, 2.75) is 12.6 Å². The summed E-state index contributed by atoms with van der Waals surface area (Å²) in [5.41, 5.74) is 3.93. The van der Waals surface area contributed by atoms with Gasteiger partial charge in [-0.15, -0.1) is 0 Å². The zero-order valence-electron chi connectivity index (χ0n) is 12.0. The van der Waals surface area contributed by atoms with E-state index in [1.807, 2.05) is 0 Å². The van der Waals surface area contributed by atoms with E-state index in [1.54, 1.807) is 0 Å². The van der Waals surface area contributed by atoms with Crippen LogP contribution < -0.4 is 11.2 Å². The molecule has 0 aliphatic carbocycles. The first-order valence-electron chi connectivity index (χ1n) is 6.48. The fourth-order valence-electron chi connectivity index (χ4n) is 2.18. The van der Waals surface area contributed by atoms with E-state index in [0.29, 0.717) is 5.69 Å². The minimum absolute atomic E-state index is 0.0491. The van der Waals surface area contributed by atoms with Gasteiger partial charge in [0.25, 0.3) is 0 Å². The van der Waals surface area contributed by atoms with Crippen LogP contribution in [-0.2, 0) is 19.6 Å². The molecule has 23 heavy (non-hydrogen) atoms. The van der Waals surface area contributed by atoms with Gasteiger partial charge in [-0.05, 0) is 23.8 Å². The Kier molecular flexibility index (Phi) is 4.18. The molecule has 2 aromatic rings. The zero-order chi connectivity index (χ0) is 17.4. The third-order valence-corrected chi connectivity index (χ3v) is 3.39. The molecule has 0 saturated heterocycles. The second-order valence-corrected chi connectivity index (χ2v) is 5.04. The molecule has 0 radical (unpaired) electrons. The minimum Gasteiger partial charge on any atom is -0.503 e. The smallest absolute Gasteiger partial charge is 0.416 e. The summed E-state index contributed by atoms with van der Waals surface area (Å²) < 4.78 is 39.9. The standard InChI is InChI=1S/C15H13F3N2O3/c1-20-7-13(22)12(21)6-10(20)5-8-4-9(15(16,17)18)2-3-11(8)14(19)23/h2-4,6-7,22H,5H2,1H3,(H2,19,23). The lowest BCUT2D eigenvalue weighted by Gasteiger charge is -2.14. The van der Waals surface area contributed by atoms with E-state index in [-0.39, 0.29) is 17.5 Å². The van der Waals surface area contributed by atoms with E-state index in [1.165, 1.54) is 11.6 Å². The molecule has 0 fully saturated rings. The lowest BCUT2D eigenvalue weighted by atomic mass is 9.98. The second-order valence-electron chi connectivity index (χ2n) is 5.04. The summed E-state index contributed by atoms with van der Waals surface area (Å²) in [5, 5.41) is 9.33. The SMILES string of the molecule is Cn1cc(O)c(=O)cc1Cc1cc(C(F)(F)F)ccc1C(N)=O. The second kappa shape index (κ2) is 5.79. The first-order valence-corrected chi connectivity index (χ1v) is 6.48. The largest absolute Gasteiger partial charge is 0.503 e. The normalized spacial score (nSPS) is 11.5. The summed E-state index contributed by atoms with van der Waals surface area (Å²) >= 11 is 0. The lowest BCUT2D eigenvalue weighted by Crippen LogP contribution is -2.17. The van der Waals surface area contributed by atoms with Gasteiger partial charge in [0.05, 0.1) is 5.56 Å². The Morgan fingerprint density at radius 3 is 2.52 bits per heavy atom. The van der Waals surface area contributed by atoms with Crippen molar-refractivity contribution in [1.29, 1.82) is 0 Å². The molecule has 8 heteroatoms. The number of hydrogen-bond donors (Lipinski definition) is 2. The number of rotatable bonds is 3. The topological polar surface area (TPSA) is 85.3 Å². The molecular weight excluding hydrogens is 313 g/mol. The Morgan fingerprint density at radius 1 is 1.30 bits per heavy atom. The van der Waals surface area contributed by atoms with Crippen molar-refractivity contribution in [3.63, 3.8) is 0 Å². The van der Waals surface area contributed by atoms with Crippen molar-refractivity contribution < 1.29 is 23.1 Å². The van der Waals surface area contributed by atoms with Crippen molar-refractivity contribution in [2.75, 3.05) is 0 Å². The average Bonchev–Trinajstić information content (AvgIpc) is 2.43. The molecule has 0 unspecified atom stereocenters. The number of carbonyl (C=O) groups is 1. The van der Waals surface area contributed by atoms with Gasteiger partial charge in [-0.2, -0.15) is 13.2 Å². The average molecular weight is 326 g/mol. The molecule has 0 bridgehead atoms. The number of amides is 1. The maximum absolute atomic E-state index is 12.8. The summed E-state index contributed by atoms with van der Waals surface area (Å²) in [4.78, 5) is 22.9. The number of pyridine rings is 1. The molecule has 3 N–H and O–H groups in total. The third kappa shape index (κ3) is 3.53. The van der Waals surface area contributed by atoms with Crippen LogP contribution >= 0.6 is 0 Å². The number of primary amides is 1. The molecule has 0 saturated carbocycles. The van der Waals surface area contributed by atoms with Gasteiger partial charge in [-0.3, -0.25) is 9.59 Å². The molecule has 0 aliphatic heterocycles. The molecule has 0 spiro atoms. The van der Waals surface area contributed by atoms with Gasteiger partial charge in [0, 0.05) is 37.0 Å². The van der Waals surface area contributed by atoms with Crippen LogP contribution in [0.4, 0.5) is 13.2 Å². The molecule has 1 heterocycles. The quantitative estimate of drug-likeness (QED) is 0.902. The summed E-state index contributed by atoms with van der Waals surface area (Å²) in [6.45, 7) is 0. The first-order chi connectivity index (χ1) is 10.6. The summed E-state index contributed by atoms with van der Waals surface area (Å²) in [6.07, 6.45) is -3.53. The Bertz CT molecular complexity index is 826. The number of nitrogens with two attached hydrogens (primary N) is 1. The van der Waals surface area contributed by atoms with E-state index >= 15 is 0 Å². The number of aromatic hydroxyl groups is 1. The van der Waals surface area contributed by atoms with E-state index in [0.717, 1.165) is 30.5 Å². The summed E-state index contributed by atoms with van der Waals surface area (Å²) in [6, 6.07) is 3.72. The van der Waals surface area contributed by atoms with Crippen LogP contribution in [0.3, 0.4) is 0 Å². The predicted molar refractivity (Wildman–Crippen MR) is 76.1 cm³/mol. The van der Waals surface area contributed by atoms with E-state index < -0.39 is 28.8 Å². The van der Waals surface area contributed by atoms with Crippen LogP contribution in [0.25, 0.3) is 0 Å². The fraction of sp³-hybridized carbons (Fsp3) is 0.200. The number of halogens is 3. The van der Waals surface area contributed by atoms with Gasteiger partial charge < -0.3 is 15.4 Å². The van der Waals surface area contributed by atoms with Crippen LogP contribution in [0.1, 0.15) is 27.2 Å². The van der Waals surface area contributed by atoms with Gasteiger partial charge in [0.2, 0.25) is 11.3 Å². The van der Waals surface area contributed by atoms with Crippen molar-refractivity contribution in [3.05, 3.63) is 63.1 Å². The summed E-state index contributed by atoms with van der Waals surface area (Å²) in [5.74, 6) is -1.34. The number of nitrogens with zero attached hydrogens (tertiary/aromatic N) is 1. The molecular formula is C15H13F3N2O3. The molecule has 1 aromatic carbocycles. The number of carbonyl (C=O) groups excluding carboxylic acids is 1. The predicted octanol–water partition coefficient (Wildman–Crippen LogP) is 1.80. The molecule has 5 nitrogen and oxygen atoms in total. The van der Waals surface area contributed by atoms with Gasteiger partial charge in [-0.25, -0.2) is 0 Å². The van der Waals surface area contributed by atoms with Crippen LogP contribution in [0.2, 0.25) is 0 Å². The van der Waals surface area contributed by atoms with Gasteiger partial charge >= 0.3 is 6.18 Å². The van der Waals surface area contributed by atoms with Crippen LogP contribution in [0, 0.1) is 0 Å². The first kappa shape index (κ1) is 16.6. The molecule has 122 valence electrons. The van der Waals surface area contributed by atoms with Gasteiger partial charge in [0.1, 0.15) is 0 Å². The summed E-state index contributed by atoms with van der Waals surface area (Å²) in [7, 11) is 1.52. The van der Waals surface area contributed by atoms with Crippen molar-refractivity contribution in [2.24, 2.45) is 12.8 Å². The highest BCUT2D eigenvalue weighted by atomic mass is 19.4. The Morgan fingerprint density at radius 2 is 1.96 bits per heavy atom. The highest BCUT2D eigenvalue weighted by Crippen LogP contribution is 2.31. The Balaban J connectivity index is 2.55. The molecule has 1 aromatic heterocycles. The number of aromatic nitrogens is 1. The van der Waals surface area contributed by atoms with Crippen molar-refractivity contribution >= 4 is 5.91 Å². The van der Waals surface area contributed by atoms with Crippen LogP contribution in [0.15, 0.2) is 35.3 Å².